The fourth-order valence-electron chi connectivity index (χ4n) is 2.13. The SMILES string of the molecule is CC(=O)N1CCN(C(=O)CSc2cc(N)ccc2Cl)CC1. The van der Waals surface area contributed by atoms with Crippen LogP contribution in [0.1, 0.15) is 6.92 Å². The topological polar surface area (TPSA) is 66.6 Å². The first kappa shape index (κ1) is 16.0. The van der Waals surface area contributed by atoms with E-state index in [4.69, 9.17) is 17.3 Å². The highest BCUT2D eigenvalue weighted by molar-refractivity contribution is 8.00. The minimum absolute atomic E-state index is 0.0571. The summed E-state index contributed by atoms with van der Waals surface area (Å²) in [5.41, 5.74) is 6.34. The highest BCUT2D eigenvalue weighted by Crippen LogP contribution is 2.29. The molecule has 0 spiro atoms. The number of halogens is 1. The lowest BCUT2D eigenvalue weighted by Gasteiger charge is -2.34. The van der Waals surface area contributed by atoms with E-state index in [9.17, 15) is 9.59 Å². The Morgan fingerprint density at radius 3 is 2.48 bits per heavy atom. The second kappa shape index (κ2) is 7.04. The van der Waals surface area contributed by atoms with Gasteiger partial charge in [0.15, 0.2) is 0 Å². The van der Waals surface area contributed by atoms with Gasteiger partial charge in [-0.05, 0) is 18.2 Å². The van der Waals surface area contributed by atoms with Gasteiger partial charge in [0.25, 0.3) is 0 Å². The molecule has 0 atom stereocenters. The van der Waals surface area contributed by atoms with Gasteiger partial charge in [0.1, 0.15) is 0 Å². The Balaban J connectivity index is 1.85. The quantitative estimate of drug-likeness (QED) is 0.678. The number of nitrogens with zero attached hydrogens (tertiary/aromatic N) is 2. The van der Waals surface area contributed by atoms with Gasteiger partial charge in [-0.2, -0.15) is 0 Å². The van der Waals surface area contributed by atoms with Crippen LogP contribution in [0.4, 0.5) is 5.69 Å². The number of thioether (sulfide) groups is 1. The first-order chi connectivity index (χ1) is 9.97. The smallest absolute Gasteiger partial charge is 0.233 e. The van der Waals surface area contributed by atoms with Gasteiger partial charge in [-0.25, -0.2) is 0 Å². The monoisotopic (exact) mass is 327 g/mol. The van der Waals surface area contributed by atoms with Gasteiger partial charge < -0.3 is 15.5 Å². The van der Waals surface area contributed by atoms with Crippen LogP contribution in [0.5, 0.6) is 0 Å². The van der Waals surface area contributed by atoms with Crippen LogP contribution in [-0.2, 0) is 9.59 Å². The van der Waals surface area contributed by atoms with Gasteiger partial charge in [-0.15, -0.1) is 11.8 Å². The molecule has 0 unspecified atom stereocenters. The molecule has 0 bridgehead atoms. The molecule has 1 aliphatic heterocycles. The van der Waals surface area contributed by atoms with E-state index in [1.807, 2.05) is 0 Å². The van der Waals surface area contributed by atoms with Crippen molar-refractivity contribution in [1.82, 2.24) is 9.80 Å². The number of piperazine rings is 1. The molecule has 2 amide bonds. The van der Waals surface area contributed by atoms with E-state index >= 15 is 0 Å². The summed E-state index contributed by atoms with van der Waals surface area (Å²) in [6, 6.07) is 5.23. The minimum Gasteiger partial charge on any atom is -0.399 e. The molecule has 1 aliphatic rings. The summed E-state index contributed by atoms with van der Waals surface area (Å²) in [6.45, 7) is 3.93. The number of nitrogen functional groups attached to an aromatic ring is 1. The molecule has 1 heterocycles. The second-order valence-corrected chi connectivity index (χ2v) is 6.29. The molecule has 1 saturated heterocycles. The Morgan fingerprint density at radius 2 is 1.86 bits per heavy atom. The number of carbonyl (C=O) groups is 2. The molecule has 0 aromatic heterocycles. The Bertz CT molecular complexity index is 545. The van der Waals surface area contributed by atoms with E-state index in [1.165, 1.54) is 11.8 Å². The zero-order valence-corrected chi connectivity index (χ0v) is 13.4. The lowest BCUT2D eigenvalue weighted by atomic mass is 10.3. The van der Waals surface area contributed by atoms with Gasteiger partial charge in [-0.3, -0.25) is 9.59 Å². The van der Waals surface area contributed by atoms with Crippen LogP contribution >= 0.6 is 23.4 Å². The maximum Gasteiger partial charge on any atom is 0.233 e. The first-order valence-electron chi connectivity index (χ1n) is 6.68. The van der Waals surface area contributed by atoms with Crippen LogP contribution in [0.3, 0.4) is 0 Å². The van der Waals surface area contributed by atoms with Crippen LogP contribution < -0.4 is 5.73 Å². The van der Waals surface area contributed by atoms with Crippen molar-refractivity contribution in [2.45, 2.75) is 11.8 Å². The molecular weight excluding hydrogens is 310 g/mol. The number of rotatable bonds is 3. The summed E-state index contributed by atoms with van der Waals surface area (Å²) in [4.78, 5) is 27.8. The molecule has 0 saturated carbocycles. The largest absolute Gasteiger partial charge is 0.399 e. The maximum atomic E-state index is 12.2. The highest BCUT2D eigenvalue weighted by Gasteiger charge is 2.22. The zero-order chi connectivity index (χ0) is 15.4. The number of hydrogen-bond donors (Lipinski definition) is 1. The predicted molar refractivity (Wildman–Crippen MR) is 85.4 cm³/mol. The lowest BCUT2D eigenvalue weighted by molar-refractivity contribution is -0.136. The van der Waals surface area contributed by atoms with E-state index in [0.717, 1.165) is 4.90 Å². The zero-order valence-electron chi connectivity index (χ0n) is 11.8. The number of hydrogen-bond acceptors (Lipinski definition) is 4. The van der Waals surface area contributed by atoms with Crippen LogP contribution in [0.25, 0.3) is 0 Å². The maximum absolute atomic E-state index is 12.2. The summed E-state index contributed by atoms with van der Waals surface area (Å²) in [5.74, 6) is 0.438. The van der Waals surface area contributed by atoms with E-state index in [1.54, 1.807) is 34.9 Å². The molecule has 0 aliphatic carbocycles. The van der Waals surface area contributed by atoms with Crippen LogP contribution in [0, 0.1) is 0 Å². The van der Waals surface area contributed by atoms with Gasteiger partial charge in [-0.1, -0.05) is 11.6 Å². The van der Waals surface area contributed by atoms with Gasteiger partial charge in [0, 0.05) is 43.7 Å². The number of anilines is 1. The van der Waals surface area contributed by atoms with E-state index in [2.05, 4.69) is 0 Å². The Hall–Kier alpha value is -1.40. The van der Waals surface area contributed by atoms with Crippen LogP contribution in [0.15, 0.2) is 23.1 Å². The fourth-order valence-corrected chi connectivity index (χ4v) is 3.30. The van der Waals surface area contributed by atoms with Gasteiger partial charge >= 0.3 is 0 Å². The Labute approximate surface area is 133 Å². The van der Waals surface area contributed by atoms with Crippen molar-refractivity contribution in [2.75, 3.05) is 37.7 Å². The van der Waals surface area contributed by atoms with E-state index in [-0.39, 0.29) is 11.8 Å². The molecule has 21 heavy (non-hydrogen) atoms. The van der Waals surface area contributed by atoms with Crippen molar-refractivity contribution in [3.63, 3.8) is 0 Å². The Kier molecular flexibility index (Phi) is 5.36. The van der Waals surface area contributed by atoms with Gasteiger partial charge in [0.05, 0.1) is 10.8 Å². The van der Waals surface area contributed by atoms with Crippen molar-refractivity contribution >= 4 is 40.9 Å². The van der Waals surface area contributed by atoms with Crippen molar-refractivity contribution in [1.29, 1.82) is 0 Å². The Morgan fingerprint density at radius 1 is 1.24 bits per heavy atom. The third-order valence-electron chi connectivity index (χ3n) is 3.38. The molecule has 7 heteroatoms. The predicted octanol–water partition coefficient (Wildman–Crippen LogP) is 1.70. The average molecular weight is 328 g/mol. The minimum atomic E-state index is 0.0571. The summed E-state index contributed by atoms with van der Waals surface area (Å²) >= 11 is 7.46. The van der Waals surface area contributed by atoms with Crippen LogP contribution in [-0.4, -0.2) is 53.5 Å². The molecule has 114 valence electrons. The molecule has 1 aromatic carbocycles. The highest BCUT2D eigenvalue weighted by atomic mass is 35.5. The fraction of sp³-hybridized carbons (Fsp3) is 0.429. The van der Waals surface area contributed by atoms with Crippen molar-refractivity contribution in [2.24, 2.45) is 0 Å². The van der Waals surface area contributed by atoms with Crippen molar-refractivity contribution in [3.05, 3.63) is 23.2 Å². The molecule has 1 fully saturated rings. The third-order valence-corrected chi connectivity index (χ3v) is 4.87. The third kappa shape index (κ3) is 4.28. The number of nitrogens with two attached hydrogens (primary N) is 1. The number of benzene rings is 1. The van der Waals surface area contributed by atoms with Crippen molar-refractivity contribution < 1.29 is 9.59 Å². The molecule has 1 aromatic rings. The second-order valence-electron chi connectivity index (χ2n) is 4.87. The van der Waals surface area contributed by atoms with Gasteiger partial charge in [0.2, 0.25) is 11.8 Å². The normalized spacial score (nSPS) is 15.1. The molecule has 2 N–H and O–H groups in total. The van der Waals surface area contributed by atoms with Crippen molar-refractivity contribution in [3.8, 4) is 0 Å². The van der Waals surface area contributed by atoms with E-state index in [0.29, 0.717) is 42.6 Å². The lowest BCUT2D eigenvalue weighted by Crippen LogP contribution is -2.50. The number of carbonyl (C=O) groups excluding carboxylic acids is 2. The standard InChI is InChI=1S/C14H18ClN3O2S/c1-10(19)17-4-6-18(7-5-17)14(20)9-21-13-8-11(16)2-3-12(13)15/h2-3,8H,4-7,9,16H2,1H3. The molecule has 5 nitrogen and oxygen atoms in total. The average Bonchev–Trinajstić information content (AvgIpc) is 2.48. The summed E-state index contributed by atoms with van der Waals surface area (Å²) in [6.07, 6.45) is 0. The number of amides is 2. The summed E-state index contributed by atoms with van der Waals surface area (Å²) < 4.78 is 0. The summed E-state index contributed by atoms with van der Waals surface area (Å²) in [7, 11) is 0. The first-order valence-corrected chi connectivity index (χ1v) is 8.05. The molecule has 0 radical (unpaired) electrons. The molecule has 2 rings (SSSR count). The van der Waals surface area contributed by atoms with Crippen LogP contribution in [0.2, 0.25) is 5.02 Å². The van der Waals surface area contributed by atoms with E-state index < -0.39 is 0 Å². The summed E-state index contributed by atoms with van der Waals surface area (Å²) in [5, 5.41) is 0.600. The molecular formula is C14H18ClN3O2S.